The topological polar surface area (TPSA) is 84.9 Å². The first-order valence-electron chi connectivity index (χ1n) is 6.65. The molecule has 1 aromatic rings. The standard InChI is InChI=1S/C16H19NO5/c1-3-4-5-6-16(20)22-11-15(19)17-10-12-7-8-13(18)14(9-12)21-2/h3-9,18H,10-11H2,1-2H3,(H,17,19)/b4-3+,6-5+. The predicted octanol–water partition coefficient (Wildman–Crippen LogP) is 1.69. The number of methoxy groups -OCH3 is 1. The van der Waals surface area contributed by atoms with Gasteiger partial charge < -0.3 is 19.9 Å². The average molecular weight is 305 g/mol. The van der Waals surface area contributed by atoms with Gasteiger partial charge in [-0.3, -0.25) is 4.79 Å². The van der Waals surface area contributed by atoms with Gasteiger partial charge in [0.2, 0.25) is 0 Å². The molecule has 0 aliphatic heterocycles. The van der Waals surface area contributed by atoms with Crippen molar-refractivity contribution in [2.45, 2.75) is 13.5 Å². The first-order chi connectivity index (χ1) is 10.6. The van der Waals surface area contributed by atoms with E-state index in [1.165, 1.54) is 25.3 Å². The number of carbonyl (C=O) groups excluding carboxylic acids is 2. The number of hydrogen-bond acceptors (Lipinski definition) is 5. The molecule has 2 N–H and O–H groups in total. The van der Waals surface area contributed by atoms with Crippen LogP contribution in [0.15, 0.2) is 42.5 Å². The molecule has 0 aliphatic carbocycles. The maximum Gasteiger partial charge on any atom is 0.331 e. The van der Waals surface area contributed by atoms with Crippen molar-refractivity contribution < 1.29 is 24.2 Å². The molecular weight excluding hydrogens is 286 g/mol. The lowest BCUT2D eigenvalue weighted by Gasteiger charge is -2.08. The number of phenols is 1. The molecule has 0 aromatic heterocycles. The molecule has 6 nitrogen and oxygen atoms in total. The molecule has 1 amide bonds. The number of benzene rings is 1. The van der Waals surface area contributed by atoms with Crippen LogP contribution in [0.3, 0.4) is 0 Å². The monoisotopic (exact) mass is 305 g/mol. The second-order valence-electron chi connectivity index (χ2n) is 4.28. The Morgan fingerprint density at radius 2 is 2.09 bits per heavy atom. The summed E-state index contributed by atoms with van der Waals surface area (Å²) in [5.41, 5.74) is 0.752. The van der Waals surface area contributed by atoms with Crippen LogP contribution in [0.5, 0.6) is 11.5 Å². The van der Waals surface area contributed by atoms with E-state index in [1.807, 2.05) is 6.92 Å². The summed E-state index contributed by atoms with van der Waals surface area (Å²) in [7, 11) is 1.44. The summed E-state index contributed by atoms with van der Waals surface area (Å²) in [5.74, 6) is -0.647. The van der Waals surface area contributed by atoms with Gasteiger partial charge in [-0.2, -0.15) is 0 Å². The minimum atomic E-state index is -0.584. The molecule has 1 aromatic carbocycles. The molecule has 0 saturated carbocycles. The molecule has 0 heterocycles. The number of ether oxygens (including phenoxy) is 2. The summed E-state index contributed by atoms with van der Waals surface area (Å²) in [6, 6.07) is 4.75. The SMILES string of the molecule is C/C=C/C=C/C(=O)OCC(=O)NCc1ccc(O)c(OC)c1. The fourth-order valence-electron chi connectivity index (χ4n) is 1.51. The van der Waals surface area contributed by atoms with Gasteiger partial charge in [0.25, 0.3) is 5.91 Å². The molecule has 0 atom stereocenters. The van der Waals surface area contributed by atoms with Crippen molar-refractivity contribution in [2.75, 3.05) is 13.7 Å². The Kier molecular flexibility index (Phi) is 7.25. The van der Waals surface area contributed by atoms with E-state index in [4.69, 9.17) is 9.47 Å². The molecule has 6 heteroatoms. The largest absolute Gasteiger partial charge is 0.504 e. The van der Waals surface area contributed by atoms with Crippen LogP contribution >= 0.6 is 0 Å². The number of phenolic OH excluding ortho intramolecular Hbond substituents is 1. The molecular formula is C16H19NO5. The normalized spacial score (nSPS) is 10.8. The van der Waals surface area contributed by atoms with Gasteiger partial charge in [-0.15, -0.1) is 0 Å². The van der Waals surface area contributed by atoms with Crippen molar-refractivity contribution in [3.05, 3.63) is 48.1 Å². The van der Waals surface area contributed by atoms with Crippen molar-refractivity contribution >= 4 is 11.9 Å². The van der Waals surface area contributed by atoms with Crippen molar-refractivity contribution in [3.63, 3.8) is 0 Å². The zero-order valence-corrected chi connectivity index (χ0v) is 12.5. The number of nitrogens with one attached hydrogen (secondary N) is 1. The molecule has 118 valence electrons. The van der Waals surface area contributed by atoms with Gasteiger partial charge in [-0.1, -0.05) is 24.3 Å². The van der Waals surface area contributed by atoms with Gasteiger partial charge in [0, 0.05) is 12.6 Å². The number of carbonyl (C=O) groups is 2. The molecule has 0 aliphatic rings. The third-order valence-corrected chi connectivity index (χ3v) is 2.62. The number of hydrogen-bond donors (Lipinski definition) is 2. The Balaban J connectivity index is 2.38. The van der Waals surface area contributed by atoms with Crippen molar-refractivity contribution in [1.29, 1.82) is 0 Å². The highest BCUT2D eigenvalue weighted by Crippen LogP contribution is 2.25. The molecule has 1 rings (SSSR count). The smallest absolute Gasteiger partial charge is 0.331 e. The van der Waals surface area contributed by atoms with E-state index >= 15 is 0 Å². The van der Waals surface area contributed by atoms with Crippen LogP contribution in [0.1, 0.15) is 12.5 Å². The minimum Gasteiger partial charge on any atom is -0.504 e. The van der Waals surface area contributed by atoms with Gasteiger partial charge in [0.1, 0.15) is 0 Å². The Hall–Kier alpha value is -2.76. The third-order valence-electron chi connectivity index (χ3n) is 2.62. The number of amides is 1. The van der Waals surface area contributed by atoms with Crippen LogP contribution in [-0.4, -0.2) is 30.7 Å². The van der Waals surface area contributed by atoms with Crippen LogP contribution in [0, 0.1) is 0 Å². The molecule has 0 unspecified atom stereocenters. The van der Waals surface area contributed by atoms with Crippen LogP contribution in [-0.2, 0) is 20.9 Å². The molecule has 0 radical (unpaired) electrons. The maximum atomic E-state index is 11.6. The second kappa shape index (κ2) is 9.23. The lowest BCUT2D eigenvalue weighted by atomic mass is 10.2. The van der Waals surface area contributed by atoms with E-state index in [1.54, 1.807) is 24.3 Å². The first kappa shape index (κ1) is 17.3. The van der Waals surface area contributed by atoms with E-state index in [0.29, 0.717) is 5.75 Å². The first-order valence-corrected chi connectivity index (χ1v) is 6.65. The summed E-state index contributed by atoms with van der Waals surface area (Å²) in [6.45, 7) is 1.71. The number of aromatic hydroxyl groups is 1. The maximum absolute atomic E-state index is 11.6. The zero-order valence-electron chi connectivity index (χ0n) is 12.5. The fourth-order valence-corrected chi connectivity index (χ4v) is 1.51. The van der Waals surface area contributed by atoms with Gasteiger partial charge >= 0.3 is 5.97 Å². The van der Waals surface area contributed by atoms with Crippen LogP contribution in [0.25, 0.3) is 0 Å². The van der Waals surface area contributed by atoms with E-state index in [0.717, 1.165) is 5.56 Å². The molecule has 0 fully saturated rings. The summed E-state index contributed by atoms with van der Waals surface area (Å²) in [5, 5.41) is 12.1. The van der Waals surface area contributed by atoms with Crippen molar-refractivity contribution in [3.8, 4) is 11.5 Å². The van der Waals surface area contributed by atoms with E-state index in [9.17, 15) is 14.7 Å². The van der Waals surface area contributed by atoms with E-state index < -0.39 is 11.9 Å². The lowest BCUT2D eigenvalue weighted by molar-refractivity contribution is -0.143. The highest BCUT2D eigenvalue weighted by molar-refractivity contribution is 5.85. The summed E-state index contributed by atoms with van der Waals surface area (Å²) in [4.78, 5) is 22.8. The zero-order chi connectivity index (χ0) is 16.4. The predicted molar refractivity (Wildman–Crippen MR) is 81.4 cm³/mol. The molecule has 0 spiro atoms. The highest BCUT2D eigenvalue weighted by Gasteiger charge is 2.06. The van der Waals surface area contributed by atoms with Crippen molar-refractivity contribution in [1.82, 2.24) is 5.32 Å². The third kappa shape index (κ3) is 6.13. The Labute approximate surface area is 129 Å². The molecule has 22 heavy (non-hydrogen) atoms. The van der Waals surface area contributed by atoms with Gasteiger partial charge in [-0.25, -0.2) is 4.79 Å². The van der Waals surface area contributed by atoms with Gasteiger partial charge in [0.05, 0.1) is 7.11 Å². The highest BCUT2D eigenvalue weighted by atomic mass is 16.5. The summed E-state index contributed by atoms with van der Waals surface area (Å²) >= 11 is 0. The minimum absolute atomic E-state index is 0.0272. The number of allylic oxidation sites excluding steroid dienone is 3. The van der Waals surface area contributed by atoms with Crippen LogP contribution < -0.4 is 10.1 Å². The average Bonchev–Trinajstić information content (AvgIpc) is 2.52. The quantitative estimate of drug-likeness (QED) is 0.455. The Morgan fingerprint density at radius 1 is 1.32 bits per heavy atom. The number of esters is 1. The van der Waals surface area contributed by atoms with E-state index in [2.05, 4.69) is 5.32 Å². The number of rotatable bonds is 7. The summed E-state index contributed by atoms with van der Waals surface area (Å²) in [6.07, 6.45) is 6.21. The van der Waals surface area contributed by atoms with Crippen LogP contribution in [0.4, 0.5) is 0 Å². The summed E-state index contributed by atoms with van der Waals surface area (Å²) < 4.78 is 9.74. The van der Waals surface area contributed by atoms with E-state index in [-0.39, 0.29) is 18.9 Å². The second-order valence-corrected chi connectivity index (χ2v) is 4.28. The molecule has 0 bridgehead atoms. The van der Waals surface area contributed by atoms with Gasteiger partial charge in [-0.05, 0) is 24.6 Å². The van der Waals surface area contributed by atoms with Gasteiger partial charge in [0.15, 0.2) is 18.1 Å². The Bertz CT molecular complexity index is 578. The Morgan fingerprint density at radius 3 is 2.77 bits per heavy atom. The van der Waals surface area contributed by atoms with Crippen LogP contribution in [0.2, 0.25) is 0 Å². The lowest BCUT2D eigenvalue weighted by Crippen LogP contribution is -2.28. The molecule has 0 saturated heterocycles. The van der Waals surface area contributed by atoms with Crippen molar-refractivity contribution in [2.24, 2.45) is 0 Å². The fraction of sp³-hybridized carbons (Fsp3) is 0.250.